The van der Waals surface area contributed by atoms with Crippen LogP contribution < -0.4 is 10.1 Å². The van der Waals surface area contributed by atoms with Gasteiger partial charge in [-0.15, -0.1) is 10.2 Å². The molecular formula is C22H24N4O3S. The first-order chi connectivity index (χ1) is 14.5. The van der Waals surface area contributed by atoms with Gasteiger partial charge in [0, 0.05) is 17.0 Å². The van der Waals surface area contributed by atoms with E-state index in [1.54, 1.807) is 5.51 Å². The average Bonchev–Trinajstić information content (AvgIpc) is 3.26. The summed E-state index contributed by atoms with van der Waals surface area (Å²) in [6.45, 7) is 7.88. The van der Waals surface area contributed by atoms with Crippen LogP contribution in [-0.4, -0.2) is 16.1 Å². The van der Waals surface area contributed by atoms with Gasteiger partial charge in [0.2, 0.25) is 11.0 Å². The molecular weight excluding hydrogens is 400 g/mol. The highest BCUT2D eigenvalue weighted by Gasteiger charge is 2.43. The summed E-state index contributed by atoms with van der Waals surface area (Å²) in [5, 5.41) is 14.0. The van der Waals surface area contributed by atoms with Gasteiger partial charge in [-0.3, -0.25) is 4.79 Å². The smallest absolute Gasteiger partial charge is 0.232 e. The molecule has 1 N–H and O–H groups in total. The normalized spacial score (nSPS) is 14.3. The Bertz CT molecular complexity index is 1030. The fourth-order valence-electron chi connectivity index (χ4n) is 3.57. The van der Waals surface area contributed by atoms with Gasteiger partial charge in [-0.25, -0.2) is 0 Å². The molecule has 4 rings (SSSR count). The van der Waals surface area contributed by atoms with Crippen molar-refractivity contribution < 1.29 is 9.53 Å². The lowest BCUT2D eigenvalue weighted by Gasteiger charge is -2.38. The van der Waals surface area contributed by atoms with E-state index in [0.717, 1.165) is 16.7 Å². The summed E-state index contributed by atoms with van der Waals surface area (Å²) >= 11 is 1.27. The van der Waals surface area contributed by atoms with E-state index in [4.69, 9.17) is 4.74 Å². The first-order valence-electron chi connectivity index (χ1n) is 9.77. The summed E-state index contributed by atoms with van der Waals surface area (Å²) in [4.78, 5) is 23.8. The number of benzene rings is 2. The Labute approximate surface area is 179 Å². The van der Waals surface area contributed by atoms with E-state index in [-0.39, 0.29) is 18.4 Å². The second-order valence-electron chi connectivity index (χ2n) is 7.15. The number of fused-ring (bicyclic) bond motifs is 2. The zero-order valence-electron chi connectivity index (χ0n) is 17.4. The minimum absolute atomic E-state index is 0.0733. The van der Waals surface area contributed by atoms with Crippen molar-refractivity contribution in [2.45, 2.75) is 40.2 Å². The zero-order valence-corrected chi connectivity index (χ0v) is 18.2. The Morgan fingerprint density at radius 2 is 1.90 bits per heavy atom. The Morgan fingerprint density at radius 1 is 1.17 bits per heavy atom. The lowest BCUT2D eigenvalue weighted by Crippen LogP contribution is -2.38. The molecule has 0 saturated heterocycles. The minimum atomic E-state index is -0.801. The number of amides is 1. The Morgan fingerprint density at radius 3 is 2.60 bits per heavy atom. The standard InChI is InChI=1S/C20H18N4O3S.C2H6/c1-20(2,18(25)23-19-24-21-11-28-19)17-13-5-3-4-6-15(13)27-16-9-12(10-22-26)7-8-14(16)17;1-2/h3-9,11,17H,10H2,1-2H3,(H,23,24,25);1-2H3. The fourth-order valence-corrected chi connectivity index (χ4v) is 4.01. The Balaban J connectivity index is 0.00000124. The maximum atomic E-state index is 13.2. The van der Waals surface area contributed by atoms with Gasteiger partial charge in [0.1, 0.15) is 23.6 Å². The predicted molar refractivity (Wildman–Crippen MR) is 118 cm³/mol. The second-order valence-corrected chi connectivity index (χ2v) is 7.99. The highest BCUT2D eigenvalue weighted by molar-refractivity contribution is 7.13. The SMILES string of the molecule is CC.CC(C)(C(=O)Nc1nncs1)C1c2ccccc2Oc2cc(CN=O)ccc21. The third-order valence-corrected chi connectivity index (χ3v) is 5.58. The first-order valence-corrected chi connectivity index (χ1v) is 10.6. The quantitative estimate of drug-likeness (QED) is 0.528. The first kappa shape index (κ1) is 21.6. The molecule has 2 aromatic carbocycles. The highest BCUT2D eigenvalue weighted by Crippen LogP contribution is 2.52. The average molecular weight is 425 g/mol. The molecule has 1 aromatic heterocycles. The van der Waals surface area contributed by atoms with Crippen LogP contribution in [0.5, 0.6) is 11.5 Å². The van der Waals surface area contributed by atoms with Crippen LogP contribution in [0.1, 0.15) is 50.3 Å². The number of hydrogen-bond donors (Lipinski definition) is 1. The molecule has 30 heavy (non-hydrogen) atoms. The number of carbonyl (C=O) groups is 1. The molecule has 1 aliphatic heterocycles. The molecule has 7 nitrogen and oxygen atoms in total. The third kappa shape index (κ3) is 4.09. The number of nitrogens with one attached hydrogen (secondary N) is 1. The van der Waals surface area contributed by atoms with Crippen molar-refractivity contribution in [3.8, 4) is 11.5 Å². The monoisotopic (exact) mass is 424 g/mol. The van der Waals surface area contributed by atoms with Crippen molar-refractivity contribution in [2.24, 2.45) is 10.6 Å². The van der Waals surface area contributed by atoms with Gasteiger partial charge in [-0.1, -0.05) is 74.5 Å². The number of aromatic nitrogens is 2. The minimum Gasteiger partial charge on any atom is -0.457 e. The van der Waals surface area contributed by atoms with Crippen molar-refractivity contribution in [1.82, 2.24) is 10.2 Å². The van der Waals surface area contributed by atoms with Crippen molar-refractivity contribution in [2.75, 3.05) is 5.32 Å². The summed E-state index contributed by atoms with van der Waals surface area (Å²) in [7, 11) is 0. The summed E-state index contributed by atoms with van der Waals surface area (Å²) in [6, 6.07) is 13.3. The van der Waals surface area contributed by atoms with Crippen LogP contribution in [0, 0.1) is 10.3 Å². The summed E-state index contributed by atoms with van der Waals surface area (Å²) in [5.41, 5.74) is 3.37. The number of hydrogen-bond acceptors (Lipinski definition) is 7. The van der Waals surface area contributed by atoms with E-state index >= 15 is 0 Å². The summed E-state index contributed by atoms with van der Waals surface area (Å²) < 4.78 is 6.08. The number of anilines is 1. The van der Waals surface area contributed by atoms with Gasteiger partial charge in [0.05, 0.1) is 5.41 Å². The Kier molecular flexibility index (Phi) is 6.56. The van der Waals surface area contributed by atoms with E-state index in [1.165, 1.54) is 11.3 Å². The number of carbonyl (C=O) groups excluding carboxylic acids is 1. The van der Waals surface area contributed by atoms with Crippen LogP contribution >= 0.6 is 11.3 Å². The van der Waals surface area contributed by atoms with Crippen LogP contribution in [0.25, 0.3) is 0 Å². The molecule has 1 aliphatic rings. The van der Waals surface area contributed by atoms with Crippen molar-refractivity contribution >= 4 is 22.4 Å². The van der Waals surface area contributed by atoms with Crippen LogP contribution in [0.15, 0.2) is 53.2 Å². The van der Waals surface area contributed by atoms with Gasteiger partial charge in [0.15, 0.2) is 0 Å². The van der Waals surface area contributed by atoms with Crippen LogP contribution in [0.2, 0.25) is 0 Å². The molecule has 3 aromatic rings. The number of rotatable bonds is 5. The van der Waals surface area contributed by atoms with Crippen LogP contribution in [0.3, 0.4) is 0 Å². The molecule has 0 radical (unpaired) electrons. The topological polar surface area (TPSA) is 93.5 Å². The van der Waals surface area contributed by atoms with Gasteiger partial charge >= 0.3 is 0 Å². The largest absolute Gasteiger partial charge is 0.457 e. The second kappa shape index (κ2) is 9.13. The molecule has 0 spiro atoms. The number of nitroso groups, excluding NO2 is 1. The van der Waals surface area contributed by atoms with Gasteiger partial charge in [-0.05, 0) is 17.7 Å². The van der Waals surface area contributed by atoms with Crippen LogP contribution in [-0.2, 0) is 11.3 Å². The molecule has 156 valence electrons. The maximum absolute atomic E-state index is 13.2. The van der Waals surface area contributed by atoms with Gasteiger partial charge in [0.25, 0.3) is 0 Å². The van der Waals surface area contributed by atoms with Crippen molar-refractivity contribution in [3.05, 3.63) is 69.6 Å². The van der Waals surface area contributed by atoms with Crippen molar-refractivity contribution in [3.63, 3.8) is 0 Å². The van der Waals surface area contributed by atoms with E-state index in [1.807, 2.05) is 70.2 Å². The predicted octanol–water partition coefficient (Wildman–Crippen LogP) is 5.73. The lowest BCUT2D eigenvalue weighted by atomic mass is 9.69. The molecule has 0 aliphatic carbocycles. The van der Waals surface area contributed by atoms with Crippen molar-refractivity contribution in [1.29, 1.82) is 0 Å². The zero-order chi connectivity index (χ0) is 21.7. The Hall–Kier alpha value is -3.13. The molecule has 0 bridgehead atoms. The fraction of sp³-hybridized carbons (Fsp3) is 0.318. The maximum Gasteiger partial charge on any atom is 0.232 e. The third-order valence-electron chi connectivity index (χ3n) is 4.97. The summed E-state index contributed by atoms with van der Waals surface area (Å²) in [6.07, 6.45) is 0. The lowest BCUT2D eigenvalue weighted by molar-refractivity contribution is -0.124. The number of nitrogens with zero attached hydrogens (tertiary/aromatic N) is 3. The molecule has 8 heteroatoms. The van der Waals surface area contributed by atoms with E-state index < -0.39 is 5.41 Å². The number of ether oxygens (including phenoxy) is 1. The van der Waals surface area contributed by atoms with E-state index in [9.17, 15) is 9.70 Å². The number of para-hydroxylation sites is 1. The molecule has 0 fully saturated rings. The molecule has 0 saturated carbocycles. The summed E-state index contributed by atoms with van der Waals surface area (Å²) in [5.74, 6) is 0.948. The van der Waals surface area contributed by atoms with Gasteiger partial charge < -0.3 is 10.1 Å². The van der Waals surface area contributed by atoms with Gasteiger partial charge in [-0.2, -0.15) is 4.91 Å². The molecule has 1 amide bonds. The highest BCUT2D eigenvalue weighted by atomic mass is 32.1. The molecule has 2 heterocycles. The molecule has 1 atom stereocenters. The molecule has 1 unspecified atom stereocenters. The van der Waals surface area contributed by atoms with E-state index in [0.29, 0.717) is 16.6 Å². The van der Waals surface area contributed by atoms with E-state index in [2.05, 4.69) is 20.7 Å². The van der Waals surface area contributed by atoms with Crippen LogP contribution in [0.4, 0.5) is 5.13 Å².